The number of nitrogen functional groups attached to an aromatic ring is 1. The number of nitrogens with two attached hydrogens (primary N) is 1. The van der Waals surface area contributed by atoms with Crippen LogP contribution in [0.2, 0.25) is 5.02 Å². The van der Waals surface area contributed by atoms with Crippen LogP contribution in [0.4, 0.5) is 10.2 Å². The van der Waals surface area contributed by atoms with Gasteiger partial charge in [0.05, 0.1) is 25.1 Å². The molecule has 236 valence electrons. The molecule has 1 aliphatic heterocycles. The maximum atomic E-state index is 16.0. The monoisotopic (exact) mass is 642 g/mol. The Morgan fingerprint density at radius 3 is 2.63 bits per heavy atom. The molecule has 0 saturated carbocycles. The van der Waals surface area contributed by atoms with E-state index in [4.69, 9.17) is 35.9 Å². The topological polar surface area (TPSA) is 172 Å². The van der Waals surface area contributed by atoms with Crippen LogP contribution >= 0.6 is 19.3 Å². The zero-order valence-electron chi connectivity index (χ0n) is 24.6. The van der Waals surface area contributed by atoms with Crippen molar-refractivity contribution in [3.63, 3.8) is 0 Å². The largest absolute Gasteiger partial charge is 0.464 e. The fraction of sp³-hybridized carbons (Fsp3) is 0.556. The quantitative estimate of drug-likeness (QED) is 0.177. The lowest BCUT2D eigenvalue weighted by Crippen LogP contribution is -2.47. The molecule has 0 amide bonds. The summed E-state index contributed by atoms with van der Waals surface area (Å²) in [4.78, 5) is 21.0. The van der Waals surface area contributed by atoms with E-state index in [1.54, 1.807) is 0 Å². The van der Waals surface area contributed by atoms with E-state index in [-0.39, 0.29) is 35.4 Å². The number of carbonyl (C=O) groups excluding carboxylic acids is 1. The highest BCUT2D eigenvalue weighted by Crippen LogP contribution is 2.49. The number of aliphatic hydroxyl groups is 1. The number of aliphatic hydroxyl groups excluding tert-OH is 1. The Kier molecular flexibility index (Phi) is 9.99. The highest BCUT2D eigenvalue weighted by Gasteiger charge is 2.56. The number of anilines is 1. The predicted molar refractivity (Wildman–Crippen MR) is 156 cm³/mol. The number of esters is 1. The number of alkyl halides is 1. The van der Waals surface area contributed by atoms with Crippen LogP contribution in [0, 0.1) is 5.92 Å². The van der Waals surface area contributed by atoms with Crippen LogP contribution < -0.4 is 15.3 Å². The second kappa shape index (κ2) is 13.0. The van der Waals surface area contributed by atoms with Crippen molar-refractivity contribution in [2.45, 2.75) is 77.0 Å². The smallest absolute Gasteiger partial charge is 0.459 e. The molecule has 16 heteroatoms. The van der Waals surface area contributed by atoms with Crippen LogP contribution in [0.1, 0.15) is 59.3 Å². The van der Waals surface area contributed by atoms with Crippen molar-refractivity contribution in [3.05, 3.63) is 47.5 Å². The van der Waals surface area contributed by atoms with E-state index in [2.05, 4.69) is 20.2 Å². The second-order valence-electron chi connectivity index (χ2n) is 11.1. The van der Waals surface area contributed by atoms with Gasteiger partial charge in [0.1, 0.15) is 35.9 Å². The van der Waals surface area contributed by atoms with E-state index in [0.717, 1.165) is 19.8 Å². The molecule has 4 rings (SSSR count). The van der Waals surface area contributed by atoms with Crippen molar-refractivity contribution in [3.8, 4) is 5.75 Å². The van der Waals surface area contributed by atoms with Crippen molar-refractivity contribution in [2.24, 2.45) is 5.92 Å². The van der Waals surface area contributed by atoms with Crippen molar-refractivity contribution in [1.82, 2.24) is 24.7 Å². The lowest BCUT2D eigenvalue weighted by atomic mass is 9.93. The maximum absolute atomic E-state index is 16.0. The lowest BCUT2D eigenvalue weighted by molar-refractivity contribution is -0.151. The molecule has 2 aromatic heterocycles. The van der Waals surface area contributed by atoms with E-state index in [1.165, 1.54) is 55.2 Å². The first-order valence-corrected chi connectivity index (χ1v) is 15.8. The van der Waals surface area contributed by atoms with Gasteiger partial charge in [0.15, 0.2) is 17.1 Å². The minimum absolute atomic E-state index is 0.0765. The minimum Gasteiger partial charge on any atom is -0.464 e. The van der Waals surface area contributed by atoms with Crippen molar-refractivity contribution >= 4 is 36.8 Å². The van der Waals surface area contributed by atoms with Gasteiger partial charge < -0.3 is 24.8 Å². The first kappa shape index (κ1) is 33.0. The fourth-order valence-electron chi connectivity index (χ4n) is 4.59. The van der Waals surface area contributed by atoms with Crippen LogP contribution in [0.25, 0.3) is 5.65 Å². The Morgan fingerprint density at radius 2 is 1.98 bits per heavy atom. The standard InChI is InChI=1S/C27H37ClFN6O7P/c1-6-16(7-2)13-39-25(37)26(3,4)34-43(38,42-18-10-8-17(28)9-11-18)40-14-20-21(36)27(5,29)22(41-20)19-12-31-24-23(30)32-15-33-35(19)24/h8-12,15-16,20-22,36H,6-7,13-14H2,1-5H3,(H,34,38)(H2,30,32,33)/t20-,21-,22+,27-,43?/m1/s1. The van der Waals surface area contributed by atoms with Crippen LogP contribution in [0.15, 0.2) is 36.8 Å². The molecule has 43 heavy (non-hydrogen) atoms. The predicted octanol–water partition coefficient (Wildman–Crippen LogP) is 4.44. The summed E-state index contributed by atoms with van der Waals surface area (Å²) >= 11 is 5.97. The third-order valence-corrected chi connectivity index (χ3v) is 9.38. The summed E-state index contributed by atoms with van der Waals surface area (Å²) in [5.41, 5.74) is 2.34. The van der Waals surface area contributed by atoms with Gasteiger partial charge in [0, 0.05) is 5.02 Å². The van der Waals surface area contributed by atoms with Gasteiger partial charge in [-0.05, 0) is 51.0 Å². The molecule has 4 N–H and O–H groups in total. The number of hydrogen-bond acceptors (Lipinski definition) is 11. The van der Waals surface area contributed by atoms with Gasteiger partial charge >= 0.3 is 13.7 Å². The van der Waals surface area contributed by atoms with Crippen molar-refractivity contribution < 1.29 is 37.4 Å². The molecule has 0 radical (unpaired) electrons. The minimum atomic E-state index is -4.40. The van der Waals surface area contributed by atoms with E-state index < -0.39 is 49.8 Å². The van der Waals surface area contributed by atoms with E-state index in [1.807, 2.05) is 13.8 Å². The Bertz CT molecular complexity index is 1470. The summed E-state index contributed by atoms with van der Waals surface area (Å²) in [6.45, 7) is 7.71. The highest BCUT2D eigenvalue weighted by atomic mass is 35.5. The molecule has 3 aromatic rings. The molecular weight excluding hydrogens is 606 g/mol. The summed E-state index contributed by atoms with van der Waals surface area (Å²) in [5.74, 6) is -0.309. The number of aromatic nitrogens is 4. The van der Waals surface area contributed by atoms with E-state index in [9.17, 15) is 14.5 Å². The van der Waals surface area contributed by atoms with Gasteiger partial charge in [-0.25, -0.2) is 23.4 Å². The molecule has 0 aliphatic carbocycles. The third kappa shape index (κ3) is 7.27. The average Bonchev–Trinajstić information content (AvgIpc) is 3.48. The first-order valence-electron chi connectivity index (χ1n) is 13.8. The van der Waals surface area contributed by atoms with Crippen molar-refractivity contribution in [2.75, 3.05) is 18.9 Å². The Hall–Kier alpha value is -2.87. The molecule has 0 bridgehead atoms. The number of nitrogens with one attached hydrogen (secondary N) is 1. The molecule has 1 aromatic carbocycles. The van der Waals surface area contributed by atoms with Crippen molar-refractivity contribution in [1.29, 1.82) is 0 Å². The maximum Gasteiger partial charge on any atom is 0.459 e. The number of fused-ring (bicyclic) bond motifs is 1. The number of rotatable bonds is 13. The summed E-state index contributed by atoms with van der Waals surface area (Å²) in [6, 6.07) is 5.97. The molecular formula is C27H37ClFN6O7P. The number of benzene rings is 1. The van der Waals surface area contributed by atoms with Crippen LogP contribution in [0.3, 0.4) is 0 Å². The molecule has 1 fully saturated rings. The van der Waals surface area contributed by atoms with Gasteiger partial charge in [0.25, 0.3) is 0 Å². The number of imidazole rings is 1. The van der Waals surface area contributed by atoms with Gasteiger partial charge in [-0.3, -0.25) is 9.32 Å². The molecule has 5 atom stereocenters. The van der Waals surface area contributed by atoms with E-state index in [0.29, 0.717) is 5.02 Å². The molecule has 3 heterocycles. The fourth-order valence-corrected chi connectivity index (χ4v) is 6.40. The average molecular weight is 643 g/mol. The molecule has 13 nitrogen and oxygen atoms in total. The Morgan fingerprint density at radius 1 is 1.30 bits per heavy atom. The summed E-state index contributed by atoms with van der Waals surface area (Å²) in [6.07, 6.45) is -0.212. The molecule has 1 unspecified atom stereocenters. The van der Waals surface area contributed by atoms with Gasteiger partial charge in [-0.1, -0.05) is 38.3 Å². The molecule has 1 saturated heterocycles. The lowest BCUT2D eigenvalue weighted by Gasteiger charge is -2.30. The van der Waals surface area contributed by atoms with Gasteiger partial charge in [-0.15, -0.1) is 0 Å². The first-order chi connectivity index (χ1) is 20.2. The van der Waals surface area contributed by atoms with Gasteiger partial charge in [-0.2, -0.15) is 10.2 Å². The number of halogens is 2. The Labute approximate surface area is 253 Å². The summed E-state index contributed by atoms with van der Waals surface area (Å²) in [5, 5.41) is 18.0. The summed E-state index contributed by atoms with van der Waals surface area (Å²) < 4.78 is 54.1. The Balaban J connectivity index is 1.54. The number of ether oxygens (including phenoxy) is 2. The van der Waals surface area contributed by atoms with Crippen LogP contribution in [0.5, 0.6) is 5.75 Å². The molecule has 1 aliphatic rings. The molecule has 0 spiro atoms. The summed E-state index contributed by atoms with van der Waals surface area (Å²) in [7, 11) is -4.40. The second-order valence-corrected chi connectivity index (χ2v) is 13.2. The van der Waals surface area contributed by atoms with Crippen LogP contribution in [-0.2, 0) is 23.4 Å². The zero-order chi connectivity index (χ0) is 31.6. The van der Waals surface area contributed by atoms with Crippen LogP contribution in [-0.4, -0.2) is 67.3 Å². The number of nitrogens with zero attached hydrogens (tertiary/aromatic N) is 4. The van der Waals surface area contributed by atoms with E-state index >= 15 is 4.39 Å². The number of carbonyl (C=O) groups is 1. The van der Waals surface area contributed by atoms with Gasteiger partial charge in [0.2, 0.25) is 0 Å². The SMILES string of the molecule is CCC(CC)COC(=O)C(C)(C)NP(=O)(OC[C@H]1O[C@@H](c2cnc3c(N)ncnn23)[C@](C)(F)[C@@H]1O)Oc1ccc(Cl)cc1. The zero-order valence-corrected chi connectivity index (χ0v) is 26.2. The third-order valence-electron chi connectivity index (χ3n) is 7.36. The highest BCUT2D eigenvalue weighted by molar-refractivity contribution is 7.52. The normalized spacial score (nSPS) is 23.9. The number of hydrogen-bond donors (Lipinski definition) is 3.